The van der Waals surface area contributed by atoms with E-state index in [2.05, 4.69) is 11.4 Å². The Morgan fingerprint density at radius 2 is 1.70 bits per heavy atom. The van der Waals surface area contributed by atoms with Crippen molar-refractivity contribution in [3.05, 3.63) is 29.3 Å². The molecular weight excluding hydrogens is 340 g/mol. The number of amides is 2. The van der Waals surface area contributed by atoms with E-state index >= 15 is 0 Å². The summed E-state index contributed by atoms with van der Waals surface area (Å²) < 4.78 is 0. The van der Waals surface area contributed by atoms with Crippen molar-refractivity contribution in [1.82, 2.24) is 10.2 Å². The molecule has 0 radical (unpaired) electrons. The van der Waals surface area contributed by atoms with Crippen LogP contribution in [0.15, 0.2) is 18.2 Å². The third-order valence-corrected chi connectivity index (χ3v) is 3.95. The first-order chi connectivity index (χ1) is 12.6. The quantitative estimate of drug-likeness (QED) is 0.761. The van der Waals surface area contributed by atoms with Gasteiger partial charge in [0.1, 0.15) is 0 Å². The molecule has 148 valence electrons. The van der Waals surface area contributed by atoms with Gasteiger partial charge in [-0.2, -0.15) is 5.26 Å². The topological polar surface area (TPSA) is 76.4 Å². The molecule has 0 saturated carbocycles. The number of likely N-dealkylation sites (N-methyl/N-ethyl adjacent to an activating group) is 1. The molecule has 1 aromatic rings. The molecule has 1 aromatic carbocycles. The highest BCUT2D eigenvalue weighted by Gasteiger charge is 2.21. The minimum absolute atomic E-state index is 0.105. The summed E-state index contributed by atoms with van der Waals surface area (Å²) in [5.41, 5.74) is 2.62. The minimum atomic E-state index is -0.307. The normalized spacial score (nSPS) is 11.2. The summed E-state index contributed by atoms with van der Waals surface area (Å²) >= 11 is 0. The largest absolute Gasteiger partial charge is 0.350 e. The predicted octanol–water partition coefficient (Wildman–Crippen LogP) is 2.79. The van der Waals surface area contributed by atoms with Crippen LogP contribution in [-0.4, -0.2) is 48.4 Å². The Bertz CT molecular complexity index is 681. The van der Waals surface area contributed by atoms with E-state index < -0.39 is 0 Å². The van der Waals surface area contributed by atoms with E-state index in [1.165, 1.54) is 0 Å². The molecule has 6 nitrogen and oxygen atoms in total. The Morgan fingerprint density at radius 3 is 2.19 bits per heavy atom. The number of carbonyl (C=O) groups is 2. The molecule has 0 aromatic heterocycles. The fourth-order valence-corrected chi connectivity index (χ4v) is 2.88. The molecule has 0 bridgehead atoms. The van der Waals surface area contributed by atoms with Crippen molar-refractivity contribution in [1.29, 1.82) is 5.26 Å². The summed E-state index contributed by atoms with van der Waals surface area (Å²) in [4.78, 5) is 28.6. The fraction of sp³-hybridized carbons (Fsp3) is 0.571. The molecule has 27 heavy (non-hydrogen) atoms. The number of hydrogen-bond acceptors (Lipinski definition) is 4. The second-order valence-corrected chi connectivity index (χ2v) is 7.90. The molecule has 0 aliphatic rings. The lowest BCUT2D eigenvalue weighted by Gasteiger charge is -2.28. The van der Waals surface area contributed by atoms with Gasteiger partial charge in [0.25, 0.3) is 0 Å². The molecule has 2 amide bonds. The lowest BCUT2D eigenvalue weighted by atomic mass is 10.1. The number of benzene rings is 1. The maximum atomic E-state index is 13.0. The standard InChI is InChI=1S/C21H32N4O2/c1-7-24(14-19(26)23-21(4,5)6)15-20(27)25(10-8-9-22)18-12-16(2)11-17(3)13-18/h11-13H,7-8,10,14-15H2,1-6H3,(H,23,26). The van der Waals surface area contributed by atoms with Crippen molar-refractivity contribution in [2.75, 3.05) is 31.1 Å². The summed E-state index contributed by atoms with van der Waals surface area (Å²) in [6, 6.07) is 8.05. The summed E-state index contributed by atoms with van der Waals surface area (Å²) in [5, 5.41) is 11.9. The molecule has 1 rings (SSSR count). The summed E-state index contributed by atoms with van der Waals surface area (Å²) in [7, 11) is 0. The lowest BCUT2D eigenvalue weighted by Crippen LogP contribution is -2.48. The van der Waals surface area contributed by atoms with Gasteiger partial charge in [0, 0.05) is 17.8 Å². The minimum Gasteiger partial charge on any atom is -0.350 e. The zero-order chi connectivity index (χ0) is 20.6. The average molecular weight is 373 g/mol. The number of carbonyl (C=O) groups excluding carboxylic acids is 2. The molecule has 0 saturated heterocycles. The molecule has 1 N–H and O–H groups in total. The summed E-state index contributed by atoms with van der Waals surface area (Å²) in [6.07, 6.45) is 0.259. The first-order valence-corrected chi connectivity index (χ1v) is 9.34. The van der Waals surface area contributed by atoms with Gasteiger partial charge in [-0.1, -0.05) is 13.0 Å². The number of nitrogens with zero attached hydrogens (tertiary/aromatic N) is 3. The number of nitrogens with one attached hydrogen (secondary N) is 1. The molecule has 0 aliphatic carbocycles. The van der Waals surface area contributed by atoms with Crippen LogP contribution in [0, 0.1) is 25.2 Å². The first-order valence-electron chi connectivity index (χ1n) is 9.34. The number of hydrogen-bond donors (Lipinski definition) is 1. The van der Waals surface area contributed by atoms with E-state index in [0.717, 1.165) is 16.8 Å². The highest BCUT2D eigenvalue weighted by molar-refractivity contribution is 5.95. The zero-order valence-corrected chi connectivity index (χ0v) is 17.4. The molecule has 0 fully saturated rings. The molecule has 0 atom stereocenters. The van der Waals surface area contributed by atoms with Crippen LogP contribution in [0.25, 0.3) is 0 Å². The predicted molar refractivity (Wildman–Crippen MR) is 109 cm³/mol. The van der Waals surface area contributed by atoms with Crippen molar-refractivity contribution in [3.63, 3.8) is 0 Å². The number of anilines is 1. The van der Waals surface area contributed by atoms with Crippen LogP contribution in [0.4, 0.5) is 5.69 Å². The molecule has 6 heteroatoms. The monoisotopic (exact) mass is 372 g/mol. The summed E-state index contributed by atoms with van der Waals surface area (Å²) in [6.45, 7) is 12.9. The Labute approximate surface area is 163 Å². The third-order valence-electron chi connectivity index (χ3n) is 3.95. The Hall–Kier alpha value is -2.39. The SMILES string of the molecule is CCN(CC(=O)NC(C)(C)C)CC(=O)N(CCC#N)c1cc(C)cc(C)c1. The van der Waals surface area contributed by atoms with Crippen LogP contribution in [0.1, 0.15) is 45.2 Å². The fourth-order valence-electron chi connectivity index (χ4n) is 2.88. The van der Waals surface area contributed by atoms with Crippen molar-refractivity contribution in [2.24, 2.45) is 0 Å². The van der Waals surface area contributed by atoms with Gasteiger partial charge in [0.05, 0.1) is 25.6 Å². The van der Waals surface area contributed by atoms with Gasteiger partial charge in [0.2, 0.25) is 11.8 Å². The van der Waals surface area contributed by atoms with E-state index in [1.54, 1.807) is 4.90 Å². The van der Waals surface area contributed by atoms with E-state index in [9.17, 15) is 9.59 Å². The van der Waals surface area contributed by atoms with Gasteiger partial charge >= 0.3 is 0 Å². The Kier molecular flexibility index (Phi) is 8.45. The van der Waals surface area contributed by atoms with Crippen molar-refractivity contribution in [2.45, 2.75) is 53.5 Å². The van der Waals surface area contributed by atoms with E-state index in [4.69, 9.17) is 5.26 Å². The van der Waals surface area contributed by atoms with E-state index in [1.807, 2.05) is 64.6 Å². The van der Waals surface area contributed by atoms with Crippen LogP contribution in [-0.2, 0) is 9.59 Å². The van der Waals surface area contributed by atoms with Gasteiger partial charge < -0.3 is 10.2 Å². The van der Waals surface area contributed by atoms with Gasteiger partial charge in [-0.15, -0.1) is 0 Å². The van der Waals surface area contributed by atoms with Crippen LogP contribution in [0.5, 0.6) is 0 Å². The third kappa shape index (κ3) is 8.23. The zero-order valence-electron chi connectivity index (χ0n) is 17.4. The van der Waals surface area contributed by atoms with Crippen LogP contribution in [0.3, 0.4) is 0 Å². The van der Waals surface area contributed by atoms with Gasteiger partial charge in [-0.05, 0) is 64.4 Å². The Balaban J connectivity index is 2.91. The number of nitriles is 1. The Morgan fingerprint density at radius 1 is 1.11 bits per heavy atom. The van der Waals surface area contributed by atoms with E-state index in [0.29, 0.717) is 13.1 Å². The van der Waals surface area contributed by atoms with Gasteiger partial charge in [0.15, 0.2) is 0 Å². The molecule has 0 aliphatic heterocycles. The van der Waals surface area contributed by atoms with Crippen LogP contribution >= 0.6 is 0 Å². The maximum absolute atomic E-state index is 13.0. The number of aryl methyl sites for hydroxylation is 2. The second kappa shape index (κ2) is 10.1. The molecular formula is C21H32N4O2. The second-order valence-electron chi connectivity index (χ2n) is 7.90. The lowest BCUT2D eigenvalue weighted by molar-refractivity contribution is -0.125. The number of rotatable bonds is 8. The maximum Gasteiger partial charge on any atom is 0.241 e. The van der Waals surface area contributed by atoms with Crippen molar-refractivity contribution in [3.8, 4) is 6.07 Å². The molecule has 0 unspecified atom stereocenters. The van der Waals surface area contributed by atoms with Gasteiger partial charge in [-0.3, -0.25) is 14.5 Å². The van der Waals surface area contributed by atoms with Gasteiger partial charge in [-0.25, -0.2) is 0 Å². The van der Waals surface area contributed by atoms with Crippen molar-refractivity contribution < 1.29 is 9.59 Å². The van der Waals surface area contributed by atoms with Crippen LogP contribution < -0.4 is 10.2 Å². The highest BCUT2D eigenvalue weighted by Crippen LogP contribution is 2.19. The summed E-state index contributed by atoms with van der Waals surface area (Å²) in [5.74, 6) is -0.215. The van der Waals surface area contributed by atoms with Crippen molar-refractivity contribution >= 4 is 17.5 Å². The average Bonchev–Trinajstić information content (AvgIpc) is 2.51. The van der Waals surface area contributed by atoms with E-state index in [-0.39, 0.29) is 36.9 Å². The molecule has 0 heterocycles. The van der Waals surface area contributed by atoms with Crippen LogP contribution in [0.2, 0.25) is 0 Å². The first kappa shape index (κ1) is 22.7. The molecule has 0 spiro atoms. The smallest absolute Gasteiger partial charge is 0.241 e. The highest BCUT2D eigenvalue weighted by atomic mass is 16.2.